The molecule has 2 unspecified atom stereocenters. The monoisotopic (exact) mass is 272 g/mol. The summed E-state index contributed by atoms with van der Waals surface area (Å²) >= 11 is 6.13. The van der Waals surface area contributed by atoms with Crippen molar-refractivity contribution in [2.45, 2.75) is 39.3 Å². The maximum atomic E-state index is 14.0. The molecular formula is C14H22ClFN2. The van der Waals surface area contributed by atoms with E-state index in [0.717, 1.165) is 13.0 Å². The Labute approximate surface area is 114 Å². The van der Waals surface area contributed by atoms with Crippen LogP contribution in [0.3, 0.4) is 0 Å². The van der Waals surface area contributed by atoms with Gasteiger partial charge >= 0.3 is 0 Å². The van der Waals surface area contributed by atoms with Crippen LogP contribution in [-0.2, 0) is 0 Å². The highest BCUT2D eigenvalue weighted by Crippen LogP contribution is 2.31. The fourth-order valence-electron chi connectivity index (χ4n) is 2.32. The van der Waals surface area contributed by atoms with E-state index in [1.165, 1.54) is 6.07 Å². The summed E-state index contributed by atoms with van der Waals surface area (Å²) < 4.78 is 14.0. The van der Waals surface area contributed by atoms with Crippen LogP contribution in [0.1, 0.15) is 38.8 Å². The van der Waals surface area contributed by atoms with Gasteiger partial charge in [0.25, 0.3) is 0 Å². The number of hydrogen-bond donors (Lipinski definition) is 1. The first-order chi connectivity index (χ1) is 8.56. The van der Waals surface area contributed by atoms with Crippen molar-refractivity contribution in [3.05, 3.63) is 34.6 Å². The number of halogens is 2. The average molecular weight is 273 g/mol. The zero-order valence-corrected chi connectivity index (χ0v) is 12.0. The van der Waals surface area contributed by atoms with Gasteiger partial charge in [-0.2, -0.15) is 0 Å². The topological polar surface area (TPSA) is 29.3 Å². The second-order valence-electron chi connectivity index (χ2n) is 4.47. The first kappa shape index (κ1) is 15.4. The Morgan fingerprint density at radius 2 is 2.06 bits per heavy atom. The fourth-order valence-corrected chi connectivity index (χ4v) is 2.61. The standard InChI is InChI=1S/C14H22ClFN2/c1-4-10(3)18(5-2)13(9-17)14-11(15)7-6-8-12(14)16/h6-8,10,13H,4-5,9,17H2,1-3H3. The van der Waals surface area contributed by atoms with Gasteiger partial charge in [0.2, 0.25) is 0 Å². The molecule has 0 aromatic heterocycles. The minimum atomic E-state index is -0.278. The Kier molecular flexibility index (Phi) is 6.06. The Balaban J connectivity index is 3.15. The lowest BCUT2D eigenvalue weighted by Gasteiger charge is -2.35. The largest absolute Gasteiger partial charge is 0.329 e. The number of rotatable bonds is 6. The number of nitrogens with two attached hydrogens (primary N) is 1. The van der Waals surface area contributed by atoms with Crippen molar-refractivity contribution in [3.8, 4) is 0 Å². The van der Waals surface area contributed by atoms with Crippen LogP contribution < -0.4 is 5.73 Å². The van der Waals surface area contributed by atoms with Gasteiger partial charge in [0.1, 0.15) is 5.82 Å². The maximum Gasteiger partial charge on any atom is 0.129 e. The van der Waals surface area contributed by atoms with E-state index in [2.05, 4.69) is 25.7 Å². The molecule has 0 aliphatic heterocycles. The summed E-state index contributed by atoms with van der Waals surface area (Å²) in [6.45, 7) is 7.48. The van der Waals surface area contributed by atoms with Crippen LogP contribution in [0.2, 0.25) is 5.02 Å². The third-order valence-electron chi connectivity index (χ3n) is 3.48. The van der Waals surface area contributed by atoms with E-state index < -0.39 is 0 Å². The van der Waals surface area contributed by atoms with Crippen molar-refractivity contribution < 1.29 is 4.39 Å². The molecule has 0 saturated heterocycles. The van der Waals surface area contributed by atoms with Gasteiger partial charge in [0.15, 0.2) is 0 Å². The molecule has 4 heteroatoms. The van der Waals surface area contributed by atoms with E-state index in [-0.39, 0.29) is 11.9 Å². The molecule has 2 nitrogen and oxygen atoms in total. The van der Waals surface area contributed by atoms with E-state index in [1.54, 1.807) is 12.1 Å². The van der Waals surface area contributed by atoms with Gasteiger partial charge in [0.05, 0.1) is 6.04 Å². The van der Waals surface area contributed by atoms with Gasteiger partial charge in [-0.3, -0.25) is 4.90 Å². The Morgan fingerprint density at radius 3 is 2.50 bits per heavy atom. The highest BCUT2D eigenvalue weighted by Gasteiger charge is 2.25. The summed E-state index contributed by atoms with van der Waals surface area (Å²) in [5.41, 5.74) is 6.36. The molecule has 0 bridgehead atoms. The molecule has 0 spiro atoms. The molecule has 0 radical (unpaired) electrons. The molecule has 2 N–H and O–H groups in total. The zero-order chi connectivity index (χ0) is 13.7. The molecule has 0 aliphatic rings. The van der Waals surface area contributed by atoms with Gasteiger partial charge in [0, 0.05) is 23.2 Å². The lowest BCUT2D eigenvalue weighted by atomic mass is 10.0. The van der Waals surface area contributed by atoms with Crippen molar-refractivity contribution in [1.82, 2.24) is 4.90 Å². The van der Waals surface area contributed by atoms with Gasteiger partial charge < -0.3 is 5.73 Å². The molecule has 102 valence electrons. The number of nitrogens with zero attached hydrogens (tertiary/aromatic N) is 1. The molecule has 0 amide bonds. The zero-order valence-electron chi connectivity index (χ0n) is 11.3. The Hall–Kier alpha value is -0.640. The van der Waals surface area contributed by atoms with Gasteiger partial charge in [-0.15, -0.1) is 0 Å². The quantitative estimate of drug-likeness (QED) is 0.857. The molecule has 1 rings (SSSR count). The van der Waals surface area contributed by atoms with Crippen LogP contribution in [0.15, 0.2) is 18.2 Å². The van der Waals surface area contributed by atoms with Crippen LogP contribution in [0.25, 0.3) is 0 Å². The highest BCUT2D eigenvalue weighted by atomic mass is 35.5. The molecular weight excluding hydrogens is 251 g/mol. The molecule has 1 aromatic carbocycles. The summed E-state index contributed by atoms with van der Waals surface area (Å²) in [6.07, 6.45) is 0.996. The van der Waals surface area contributed by atoms with Gasteiger partial charge in [-0.05, 0) is 32.0 Å². The first-order valence-electron chi connectivity index (χ1n) is 6.46. The summed E-state index contributed by atoms with van der Waals surface area (Å²) in [5.74, 6) is -0.278. The number of likely N-dealkylation sites (N-methyl/N-ethyl adjacent to an activating group) is 1. The molecule has 0 aliphatic carbocycles. The van der Waals surface area contributed by atoms with Crippen LogP contribution in [0, 0.1) is 5.82 Å². The average Bonchev–Trinajstić information content (AvgIpc) is 2.36. The van der Waals surface area contributed by atoms with Crippen molar-refractivity contribution in [3.63, 3.8) is 0 Å². The second-order valence-corrected chi connectivity index (χ2v) is 4.88. The van der Waals surface area contributed by atoms with E-state index in [0.29, 0.717) is 23.2 Å². The molecule has 1 aromatic rings. The van der Waals surface area contributed by atoms with Crippen molar-refractivity contribution in [2.75, 3.05) is 13.1 Å². The minimum absolute atomic E-state index is 0.168. The lowest BCUT2D eigenvalue weighted by Crippen LogP contribution is -2.40. The van der Waals surface area contributed by atoms with Crippen molar-refractivity contribution in [1.29, 1.82) is 0 Å². The van der Waals surface area contributed by atoms with Gasteiger partial charge in [-0.25, -0.2) is 4.39 Å². The molecule has 0 saturated carbocycles. The summed E-state index contributed by atoms with van der Waals surface area (Å²) in [5, 5.41) is 0.451. The predicted octanol–water partition coefficient (Wildman–Crippen LogP) is 3.60. The third kappa shape index (κ3) is 3.22. The third-order valence-corrected chi connectivity index (χ3v) is 3.81. The number of hydrogen-bond acceptors (Lipinski definition) is 2. The Morgan fingerprint density at radius 1 is 1.39 bits per heavy atom. The lowest BCUT2D eigenvalue weighted by molar-refractivity contribution is 0.149. The molecule has 0 heterocycles. The van der Waals surface area contributed by atoms with E-state index in [4.69, 9.17) is 17.3 Å². The van der Waals surface area contributed by atoms with Crippen LogP contribution >= 0.6 is 11.6 Å². The first-order valence-corrected chi connectivity index (χ1v) is 6.84. The van der Waals surface area contributed by atoms with E-state index in [9.17, 15) is 4.39 Å². The van der Waals surface area contributed by atoms with E-state index >= 15 is 0 Å². The summed E-state index contributed by atoms with van der Waals surface area (Å²) in [4.78, 5) is 2.20. The SMILES string of the molecule is CCC(C)N(CC)C(CN)c1c(F)cccc1Cl. The molecule has 2 atom stereocenters. The van der Waals surface area contributed by atoms with Crippen molar-refractivity contribution >= 4 is 11.6 Å². The van der Waals surface area contributed by atoms with Crippen LogP contribution in [0.5, 0.6) is 0 Å². The smallest absolute Gasteiger partial charge is 0.129 e. The molecule has 0 fully saturated rings. The van der Waals surface area contributed by atoms with Gasteiger partial charge in [-0.1, -0.05) is 31.5 Å². The number of benzene rings is 1. The normalized spacial score (nSPS) is 14.8. The fraction of sp³-hybridized carbons (Fsp3) is 0.571. The van der Waals surface area contributed by atoms with Crippen LogP contribution in [0.4, 0.5) is 4.39 Å². The summed E-state index contributed by atoms with van der Waals surface area (Å²) in [6, 6.07) is 4.95. The second kappa shape index (κ2) is 7.07. The maximum absolute atomic E-state index is 14.0. The predicted molar refractivity (Wildman–Crippen MR) is 75.3 cm³/mol. The van der Waals surface area contributed by atoms with Crippen LogP contribution in [-0.4, -0.2) is 24.0 Å². The Bertz CT molecular complexity index is 364. The molecule has 18 heavy (non-hydrogen) atoms. The highest BCUT2D eigenvalue weighted by molar-refractivity contribution is 6.31. The minimum Gasteiger partial charge on any atom is -0.329 e. The van der Waals surface area contributed by atoms with E-state index in [1.807, 2.05) is 0 Å². The van der Waals surface area contributed by atoms with Crippen molar-refractivity contribution in [2.24, 2.45) is 5.73 Å². The summed E-state index contributed by atoms with van der Waals surface area (Å²) in [7, 11) is 0.